The molecular formula is C9H11N3S. The largest absolute Gasteiger partial charge is 0.315 e. The van der Waals surface area contributed by atoms with Crippen LogP contribution in [0.1, 0.15) is 6.42 Å². The molecule has 0 aliphatic rings. The summed E-state index contributed by atoms with van der Waals surface area (Å²) in [6.45, 7) is 0.941. The highest BCUT2D eigenvalue weighted by molar-refractivity contribution is 7.80. The lowest BCUT2D eigenvalue weighted by molar-refractivity contribution is 0.697. The summed E-state index contributed by atoms with van der Waals surface area (Å²) in [6, 6.07) is 3.87. The third kappa shape index (κ3) is 1.67. The summed E-state index contributed by atoms with van der Waals surface area (Å²) < 4.78 is 2.06. The second-order valence-electron chi connectivity index (χ2n) is 2.86. The number of aromatic nitrogens is 3. The van der Waals surface area contributed by atoms with Crippen molar-refractivity contribution in [3.8, 4) is 0 Å². The normalized spacial score (nSPS) is 10.8. The molecule has 0 saturated heterocycles. The molecule has 0 N–H and O–H groups in total. The Hall–Kier alpha value is -1.03. The number of hydrogen-bond donors (Lipinski definition) is 1. The van der Waals surface area contributed by atoms with Crippen LogP contribution in [-0.4, -0.2) is 20.3 Å². The number of fused-ring (bicyclic) bond motifs is 1. The summed E-state index contributed by atoms with van der Waals surface area (Å²) in [4.78, 5) is 8.52. The molecule has 0 radical (unpaired) electrons. The van der Waals surface area contributed by atoms with Crippen molar-refractivity contribution >= 4 is 23.8 Å². The van der Waals surface area contributed by atoms with Crippen molar-refractivity contribution < 1.29 is 0 Å². The van der Waals surface area contributed by atoms with E-state index in [0.717, 1.165) is 29.9 Å². The molecule has 0 fully saturated rings. The second kappa shape index (κ2) is 3.79. The average molecular weight is 193 g/mol. The van der Waals surface area contributed by atoms with Crippen molar-refractivity contribution in [2.45, 2.75) is 13.0 Å². The Labute approximate surface area is 82.2 Å². The molecule has 2 rings (SSSR count). The van der Waals surface area contributed by atoms with Crippen LogP contribution >= 0.6 is 12.6 Å². The Morgan fingerprint density at radius 1 is 1.38 bits per heavy atom. The quantitative estimate of drug-likeness (QED) is 0.753. The topological polar surface area (TPSA) is 30.7 Å². The molecule has 0 saturated carbocycles. The van der Waals surface area contributed by atoms with E-state index in [-0.39, 0.29) is 0 Å². The Kier molecular flexibility index (Phi) is 2.49. The van der Waals surface area contributed by atoms with Crippen LogP contribution in [0.3, 0.4) is 0 Å². The number of hydrogen-bond acceptors (Lipinski definition) is 3. The molecule has 0 atom stereocenters. The predicted molar refractivity (Wildman–Crippen MR) is 56.0 cm³/mol. The van der Waals surface area contributed by atoms with Crippen LogP contribution in [-0.2, 0) is 6.54 Å². The van der Waals surface area contributed by atoms with Crippen LogP contribution < -0.4 is 0 Å². The zero-order valence-electron chi connectivity index (χ0n) is 7.22. The number of pyridine rings is 1. The molecule has 2 aromatic heterocycles. The van der Waals surface area contributed by atoms with E-state index in [1.807, 2.05) is 18.5 Å². The summed E-state index contributed by atoms with van der Waals surface area (Å²) in [6.07, 6.45) is 4.67. The van der Waals surface area contributed by atoms with Crippen LogP contribution in [0, 0.1) is 0 Å². The lowest BCUT2D eigenvalue weighted by atomic mass is 10.4. The number of thiol groups is 1. The van der Waals surface area contributed by atoms with Gasteiger partial charge in [-0.25, -0.2) is 9.97 Å². The Morgan fingerprint density at radius 3 is 3.15 bits per heavy atom. The molecule has 3 nitrogen and oxygen atoms in total. The molecule has 2 aromatic rings. The maximum Gasteiger partial charge on any atom is 0.159 e. The van der Waals surface area contributed by atoms with E-state index < -0.39 is 0 Å². The molecule has 0 aliphatic heterocycles. The molecule has 68 valence electrons. The zero-order valence-corrected chi connectivity index (χ0v) is 8.11. The summed E-state index contributed by atoms with van der Waals surface area (Å²) in [7, 11) is 0. The van der Waals surface area contributed by atoms with Gasteiger partial charge in [0, 0.05) is 12.7 Å². The number of imidazole rings is 1. The van der Waals surface area contributed by atoms with E-state index in [1.54, 1.807) is 6.20 Å². The minimum atomic E-state index is 0.895. The smallest absolute Gasteiger partial charge is 0.159 e. The molecule has 13 heavy (non-hydrogen) atoms. The van der Waals surface area contributed by atoms with Gasteiger partial charge in [-0.2, -0.15) is 12.6 Å². The van der Waals surface area contributed by atoms with E-state index in [2.05, 4.69) is 27.2 Å². The summed E-state index contributed by atoms with van der Waals surface area (Å²) in [5.41, 5.74) is 1.92. The molecule has 0 spiro atoms. The Bertz CT molecular complexity index is 396. The highest BCUT2D eigenvalue weighted by Crippen LogP contribution is 2.08. The predicted octanol–water partition coefficient (Wildman–Crippen LogP) is 1.75. The van der Waals surface area contributed by atoms with E-state index >= 15 is 0 Å². The van der Waals surface area contributed by atoms with Gasteiger partial charge >= 0.3 is 0 Å². The van der Waals surface area contributed by atoms with Gasteiger partial charge < -0.3 is 4.57 Å². The van der Waals surface area contributed by atoms with Gasteiger partial charge in [-0.1, -0.05) is 0 Å². The van der Waals surface area contributed by atoms with Crippen LogP contribution in [0.25, 0.3) is 11.2 Å². The third-order valence-electron chi connectivity index (χ3n) is 1.93. The second-order valence-corrected chi connectivity index (χ2v) is 3.31. The highest BCUT2D eigenvalue weighted by atomic mass is 32.1. The van der Waals surface area contributed by atoms with Gasteiger partial charge in [-0.05, 0) is 24.3 Å². The standard InChI is InChI=1S/C9H11N3S/c13-6-2-5-12-7-11-8-3-1-4-10-9(8)12/h1,3-4,7,13H,2,5-6H2. The first-order valence-corrected chi connectivity index (χ1v) is 4.92. The summed E-state index contributed by atoms with van der Waals surface area (Å²) in [5, 5.41) is 0. The van der Waals surface area contributed by atoms with Crippen LogP contribution in [0.4, 0.5) is 0 Å². The molecule has 0 aliphatic carbocycles. The van der Waals surface area contributed by atoms with Gasteiger partial charge in [-0.15, -0.1) is 0 Å². The summed E-state index contributed by atoms with van der Waals surface area (Å²) in [5.74, 6) is 0.895. The first-order valence-electron chi connectivity index (χ1n) is 4.28. The van der Waals surface area contributed by atoms with E-state index in [9.17, 15) is 0 Å². The molecular weight excluding hydrogens is 182 g/mol. The monoisotopic (exact) mass is 193 g/mol. The van der Waals surface area contributed by atoms with Gasteiger partial charge in [0.15, 0.2) is 5.65 Å². The van der Waals surface area contributed by atoms with E-state index in [4.69, 9.17) is 0 Å². The maximum atomic E-state index is 4.27. The van der Waals surface area contributed by atoms with Gasteiger partial charge in [-0.3, -0.25) is 0 Å². The van der Waals surface area contributed by atoms with Gasteiger partial charge in [0.2, 0.25) is 0 Å². The van der Waals surface area contributed by atoms with Crippen LogP contribution in [0.15, 0.2) is 24.7 Å². The fraction of sp³-hybridized carbons (Fsp3) is 0.333. The SMILES string of the molecule is SCCCn1cnc2cccnc21. The minimum Gasteiger partial charge on any atom is -0.315 e. The highest BCUT2D eigenvalue weighted by Gasteiger charge is 2.00. The zero-order chi connectivity index (χ0) is 9.10. The molecule has 0 amide bonds. The fourth-order valence-corrected chi connectivity index (χ4v) is 1.44. The molecule has 0 bridgehead atoms. The van der Waals surface area contributed by atoms with E-state index in [0.29, 0.717) is 0 Å². The van der Waals surface area contributed by atoms with Crippen LogP contribution in [0.2, 0.25) is 0 Å². The van der Waals surface area contributed by atoms with Crippen molar-refractivity contribution in [3.63, 3.8) is 0 Å². The van der Waals surface area contributed by atoms with Crippen molar-refractivity contribution in [1.82, 2.24) is 14.5 Å². The molecule has 4 heteroatoms. The first kappa shape index (κ1) is 8.56. The van der Waals surface area contributed by atoms with Gasteiger partial charge in [0.1, 0.15) is 5.52 Å². The summed E-state index contributed by atoms with van der Waals surface area (Å²) >= 11 is 4.17. The van der Waals surface area contributed by atoms with Crippen molar-refractivity contribution in [3.05, 3.63) is 24.7 Å². The first-order chi connectivity index (χ1) is 6.42. The lowest BCUT2D eigenvalue weighted by Crippen LogP contribution is -1.97. The van der Waals surface area contributed by atoms with Gasteiger partial charge in [0.25, 0.3) is 0 Å². The van der Waals surface area contributed by atoms with Crippen LogP contribution in [0.5, 0.6) is 0 Å². The maximum absolute atomic E-state index is 4.27. The molecule has 0 unspecified atom stereocenters. The number of nitrogens with zero attached hydrogens (tertiary/aromatic N) is 3. The van der Waals surface area contributed by atoms with E-state index in [1.165, 1.54) is 0 Å². The Balaban J connectivity index is 2.35. The van der Waals surface area contributed by atoms with Crippen molar-refractivity contribution in [1.29, 1.82) is 0 Å². The fourth-order valence-electron chi connectivity index (χ4n) is 1.30. The lowest BCUT2D eigenvalue weighted by Gasteiger charge is -1.99. The third-order valence-corrected chi connectivity index (χ3v) is 2.25. The average Bonchev–Trinajstić information content (AvgIpc) is 2.58. The number of aryl methyl sites for hydroxylation is 1. The number of rotatable bonds is 3. The minimum absolute atomic E-state index is 0.895. The van der Waals surface area contributed by atoms with Crippen molar-refractivity contribution in [2.75, 3.05) is 5.75 Å². The van der Waals surface area contributed by atoms with Crippen molar-refractivity contribution in [2.24, 2.45) is 0 Å². The Morgan fingerprint density at radius 2 is 2.31 bits per heavy atom. The van der Waals surface area contributed by atoms with Gasteiger partial charge in [0.05, 0.1) is 6.33 Å². The molecule has 0 aromatic carbocycles. The molecule has 2 heterocycles.